The van der Waals surface area contributed by atoms with Crippen LogP contribution in [0.3, 0.4) is 0 Å². The molecule has 0 unspecified atom stereocenters. The summed E-state index contributed by atoms with van der Waals surface area (Å²) in [6.45, 7) is 4.21. The quantitative estimate of drug-likeness (QED) is 0.873. The summed E-state index contributed by atoms with van der Waals surface area (Å²) in [7, 11) is 0. The largest absolute Gasteiger partial charge is 0.327 e. The van der Waals surface area contributed by atoms with E-state index in [9.17, 15) is 0 Å². The summed E-state index contributed by atoms with van der Waals surface area (Å²) in [6, 6.07) is 9.24. The average molecular weight is 269 g/mol. The van der Waals surface area contributed by atoms with Crippen LogP contribution in [0.15, 0.2) is 24.3 Å². The van der Waals surface area contributed by atoms with Gasteiger partial charge in [0, 0.05) is 19.1 Å². The van der Waals surface area contributed by atoms with Gasteiger partial charge in [-0.25, -0.2) is 4.98 Å². The fraction of sp³-hybridized carbons (Fsp3) is 0.588. The number of aromatic nitrogens is 2. The van der Waals surface area contributed by atoms with E-state index in [2.05, 4.69) is 46.1 Å². The summed E-state index contributed by atoms with van der Waals surface area (Å²) in [5.41, 5.74) is 2.38. The maximum atomic E-state index is 4.64. The summed E-state index contributed by atoms with van der Waals surface area (Å²) in [5, 5.41) is 3.83. The summed E-state index contributed by atoms with van der Waals surface area (Å²) in [6.07, 6.45) is 5.78. The number of imidazole rings is 1. The Balaban J connectivity index is 1.43. The fourth-order valence-corrected chi connectivity index (χ4v) is 3.45. The molecule has 0 spiro atoms. The number of hydrogen-bond donors (Lipinski definition) is 1. The molecule has 0 saturated heterocycles. The molecule has 1 heterocycles. The Hall–Kier alpha value is -1.35. The molecule has 0 amide bonds. The second-order valence-corrected chi connectivity index (χ2v) is 6.45. The Morgan fingerprint density at radius 1 is 1.20 bits per heavy atom. The molecule has 0 radical (unpaired) electrons. The van der Waals surface area contributed by atoms with E-state index < -0.39 is 0 Å². The Labute approximate surface area is 120 Å². The van der Waals surface area contributed by atoms with Gasteiger partial charge in [0.2, 0.25) is 0 Å². The molecular formula is C17H23N3. The van der Waals surface area contributed by atoms with Gasteiger partial charge in [-0.05, 0) is 56.6 Å². The van der Waals surface area contributed by atoms with E-state index in [4.69, 9.17) is 0 Å². The van der Waals surface area contributed by atoms with Crippen LogP contribution in [0.5, 0.6) is 0 Å². The lowest BCUT2D eigenvalue weighted by Crippen LogP contribution is -2.35. The van der Waals surface area contributed by atoms with E-state index in [-0.39, 0.29) is 0 Å². The van der Waals surface area contributed by atoms with Crippen molar-refractivity contribution in [1.82, 2.24) is 14.9 Å². The SMILES string of the molecule is Cc1nc2ccccc2n1CCNC(C1CC1)C1CC1. The number of hydrogen-bond acceptors (Lipinski definition) is 2. The van der Waals surface area contributed by atoms with Crippen molar-refractivity contribution in [2.45, 2.75) is 45.2 Å². The zero-order chi connectivity index (χ0) is 13.5. The zero-order valence-electron chi connectivity index (χ0n) is 12.2. The van der Waals surface area contributed by atoms with E-state index in [0.29, 0.717) is 0 Å². The minimum Gasteiger partial charge on any atom is -0.327 e. The molecule has 2 aliphatic carbocycles. The molecule has 1 aromatic heterocycles. The highest BCUT2D eigenvalue weighted by Crippen LogP contribution is 2.44. The third kappa shape index (κ3) is 2.35. The number of para-hydroxylation sites is 2. The van der Waals surface area contributed by atoms with Crippen molar-refractivity contribution in [3.8, 4) is 0 Å². The van der Waals surface area contributed by atoms with Crippen molar-refractivity contribution >= 4 is 11.0 Å². The lowest BCUT2D eigenvalue weighted by Gasteiger charge is -2.18. The van der Waals surface area contributed by atoms with Gasteiger partial charge in [-0.3, -0.25) is 0 Å². The van der Waals surface area contributed by atoms with Crippen LogP contribution in [0.25, 0.3) is 11.0 Å². The molecule has 0 atom stereocenters. The van der Waals surface area contributed by atoms with Crippen LogP contribution >= 0.6 is 0 Å². The number of nitrogens with one attached hydrogen (secondary N) is 1. The highest BCUT2D eigenvalue weighted by molar-refractivity contribution is 5.75. The van der Waals surface area contributed by atoms with Crippen LogP contribution in [0, 0.1) is 18.8 Å². The van der Waals surface area contributed by atoms with Gasteiger partial charge in [-0.15, -0.1) is 0 Å². The molecule has 0 aliphatic heterocycles. The van der Waals surface area contributed by atoms with E-state index in [1.807, 2.05) is 0 Å². The van der Waals surface area contributed by atoms with Gasteiger partial charge >= 0.3 is 0 Å². The topological polar surface area (TPSA) is 29.9 Å². The summed E-state index contributed by atoms with van der Waals surface area (Å²) < 4.78 is 2.35. The van der Waals surface area contributed by atoms with Crippen molar-refractivity contribution < 1.29 is 0 Å². The van der Waals surface area contributed by atoms with Gasteiger partial charge in [0.1, 0.15) is 5.82 Å². The number of nitrogens with zero attached hydrogens (tertiary/aromatic N) is 2. The van der Waals surface area contributed by atoms with E-state index >= 15 is 0 Å². The third-order valence-electron chi connectivity index (χ3n) is 4.82. The lowest BCUT2D eigenvalue weighted by molar-refractivity contribution is 0.407. The minimum atomic E-state index is 0.796. The Bertz CT molecular complexity index is 596. The first-order valence-electron chi connectivity index (χ1n) is 7.98. The van der Waals surface area contributed by atoms with Crippen LogP contribution in [0.1, 0.15) is 31.5 Å². The normalized spacial score (nSPS) is 19.1. The summed E-state index contributed by atoms with van der Waals surface area (Å²) in [5.74, 6) is 3.08. The Kier molecular flexibility index (Phi) is 3.03. The van der Waals surface area contributed by atoms with E-state index in [0.717, 1.165) is 42.3 Å². The Morgan fingerprint density at radius 3 is 2.60 bits per heavy atom. The predicted molar refractivity (Wildman–Crippen MR) is 81.7 cm³/mol. The molecule has 2 aliphatic rings. The van der Waals surface area contributed by atoms with Crippen molar-refractivity contribution in [2.75, 3.05) is 6.54 Å². The molecule has 106 valence electrons. The van der Waals surface area contributed by atoms with Crippen LogP contribution in [-0.4, -0.2) is 22.1 Å². The first-order valence-corrected chi connectivity index (χ1v) is 7.98. The molecule has 2 saturated carbocycles. The zero-order valence-corrected chi connectivity index (χ0v) is 12.2. The smallest absolute Gasteiger partial charge is 0.106 e. The highest BCUT2D eigenvalue weighted by Gasteiger charge is 2.40. The van der Waals surface area contributed by atoms with E-state index in [1.54, 1.807) is 0 Å². The third-order valence-corrected chi connectivity index (χ3v) is 4.82. The van der Waals surface area contributed by atoms with Crippen molar-refractivity contribution in [3.05, 3.63) is 30.1 Å². The number of fused-ring (bicyclic) bond motifs is 1. The molecule has 4 rings (SSSR count). The van der Waals surface area contributed by atoms with Gasteiger partial charge in [0.15, 0.2) is 0 Å². The van der Waals surface area contributed by atoms with Gasteiger partial charge < -0.3 is 9.88 Å². The monoisotopic (exact) mass is 269 g/mol. The van der Waals surface area contributed by atoms with Crippen LogP contribution in [0.2, 0.25) is 0 Å². The van der Waals surface area contributed by atoms with Crippen molar-refractivity contribution in [2.24, 2.45) is 11.8 Å². The molecule has 3 nitrogen and oxygen atoms in total. The van der Waals surface area contributed by atoms with Crippen molar-refractivity contribution in [3.63, 3.8) is 0 Å². The summed E-state index contributed by atoms with van der Waals surface area (Å²) in [4.78, 5) is 4.64. The highest BCUT2D eigenvalue weighted by atomic mass is 15.1. The van der Waals surface area contributed by atoms with Crippen LogP contribution in [0.4, 0.5) is 0 Å². The number of aryl methyl sites for hydroxylation is 1. The molecule has 2 fully saturated rings. The second-order valence-electron chi connectivity index (χ2n) is 6.45. The standard InChI is InChI=1S/C17H23N3/c1-12-19-15-4-2-3-5-16(15)20(12)11-10-18-17(13-6-7-13)14-8-9-14/h2-5,13-14,17-18H,6-11H2,1H3. The molecule has 2 aromatic rings. The number of rotatable bonds is 6. The first kappa shape index (κ1) is 12.4. The fourth-order valence-electron chi connectivity index (χ4n) is 3.45. The van der Waals surface area contributed by atoms with Gasteiger partial charge in [-0.1, -0.05) is 12.1 Å². The molecule has 3 heteroatoms. The van der Waals surface area contributed by atoms with Gasteiger partial charge in [0.25, 0.3) is 0 Å². The first-order chi connectivity index (χ1) is 9.83. The maximum Gasteiger partial charge on any atom is 0.106 e. The number of benzene rings is 1. The molecule has 1 aromatic carbocycles. The average Bonchev–Trinajstić information content (AvgIpc) is 3.34. The lowest BCUT2D eigenvalue weighted by atomic mass is 10.1. The van der Waals surface area contributed by atoms with Gasteiger partial charge in [0.05, 0.1) is 11.0 Å². The second kappa shape index (κ2) is 4.88. The maximum absolute atomic E-state index is 4.64. The molecule has 1 N–H and O–H groups in total. The predicted octanol–water partition coefficient (Wildman–Crippen LogP) is 3.12. The van der Waals surface area contributed by atoms with E-state index in [1.165, 1.54) is 31.2 Å². The molecular weight excluding hydrogens is 246 g/mol. The van der Waals surface area contributed by atoms with Crippen LogP contribution in [-0.2, 0) is 6.54 Å². The summed E-state index contributed by atoms with van der Waals surface area (Å²) >= 11 is 0. The van der Waals surface area contributed by atoms with Crippen LogP contribution < -0.4 is 5.32 Å². The minimum absolute atomic E-state index is 0.796. The van der Waals surface area contributed by atoms with Gasteiger partial charge in [-0.2, -0.15) is 0 Å². The molecule has 0 bridgehead atoms. The van der Waals surface area contributed by atoms with Crippen molar-refractivity contribution in [1.29, 1.82) is 0 Å². The molecule has 20 heavy (non-hydrogen) atoms. The Morgan fingerprint density at radius 2 is 1.90 bits per heavy atom.